The Kier molecular flexibility index (Phi) is 3.76. The van der Waals surface area contributed by atoms with Gasteiger partial charge in [-0.2, -0.15) is 0 Å². The van der Waals surface area contributed by atoms with E-state index in [2.05, 4.69) is 52.8 Å². The lowest BCUT2D eigenvalue weighted by atomic mass is 9.93. The van der Waals surface area contributed by atoms with Crippen molar-refractivity contribution in [1.82, 2.24) is 4.98 Å². The number of fused-ring (bicyclic) bond motifs is 1. The number of benzene rings is 1. The van der Waals surface area contributed by atoms with E-state index in [1.165, 1.54) is 15.3 Å². The average molecular weight is 261 g/mol. The Hall–Kier alpha value is -0.890. The third-order valence-electron chi connectivity index (χ3n) is 2.82. The van der Waals surface area contributed by atoms with Gasteiger partial charge >= 0.3 is 0 Å². The minimum Gasteiger partial charge on any atom is -0.241 e. The first kappa shape index (κ1) is 13.5. The highest BCUT2D eigenvalue weighted by Crippen LogP contribution is 2.29. The van der Waals surface area contributed by atoms with Gasteiger partial charge in [0.25, 0.3) is 0 Å². The first-order chi connectivity index (χ1) is 8.33. The molecule has 0 spiro atoms. The van der Waals surface area contributed by atoms with Gasteiger partial charge in [-0.1, -0.05) is 40.7 Å². The molecule has 0 bridgehead atoms. The fourth-order valence-electron chi connectivity index (χ4n) is 2.14. The Labute approximate surface area is 114 Å². The van der Waals surface area contributed by atoms with Crippen molar-refractivity contribution in [3.8, 4) is 0 Å². The molecule has 1 aromatic heterocycles. The highest BCUT2D eigenvalue weighted by molar-refractivity contribution is 7.18. The van der Waals surface area contributed by atoms with Crippen LogP contribution in [0.5, 0.6) is 0 Å². The molecule has 18 heavy (non-hydrogen) atoms. The summed E-state index contributed by atoms with van der Waals surface area (Å²) >= 11 is 1.85. The average Bonchev–Trinajstić information content (AvgIpc) is 2.54. The summed E-state index contributed by atoms with van der Waals surface area (Å²) < 4.78 is 1.34. The van der Waals surface area contributed by atoms with Crippen molar-refractivity contribution in [2.45, 2.75) is 47.5 Å². The van der Waals surface area contributed by atoms with Crippen molar-refractivity contribution < 1.29 is 0 Å². The van der Waals surface area contributed by atoms with Gasteiger partial charge in [-0.05, 0) is 35.4 Å². The molecule has 0 saturated carbocycles. The lowest BCUT2D eigenvalue weighted by Crippen LogP contribution is -2.08. The second-order valence-electron chi connectivity index (χ2n) is 6.75. The molecule has 0 N–H and O–H groups in total. The quantitative estimate of drug-likeness (QED) is 0.750. The minimum atomic E-state index is 0.314. The maximum Gasteiger partial charge on any atom is 0.0943 e. The minimum absolute atomic E-state index is 0.314. The molecule has 0 fully saturated rings. The van der Waals surface area contributed by atoms with Crippen LogP contribution in [0.4, 0.5) is 0 Å². The highest BCUT2D eigenvalue weighted by Gasteiger charge is 2.14. The van der Waals surface area contributed by atoms with Gasteiger partial charge in [0.05, 0.1) is 15.2 Å². The Morgan fingerprint density at radius 2 is 1.94 bits per heavy atom. The van der Waals surface area contributed by atoms with Gasteiger partial charge in [0.2, 0.25) is 0 Å². The van der Waals surface area contributed by atoms with Crippen LogP contribution < -0.4 is 0 Å². The summed E-state index contributed by atoms with van der Waals surface area (Å²) in [5, 5.41) is 1.26. The van der Waals surface area contributed by atoms with Crippen LogP contribution in [0.2, 0.25) is 0 Å². The molecule has 1 heterocycles. The first-order valence-electron chi connectivity index (χ1n) is 6.72. The number of hydrogen-bond donors (Lipinski definition) is 0. The van der Waals surface area contributed by atoms with Crippen LogP contribution >= 0.6 is 11.3 Å². The lowest BCUT2D eigenvalue weighted by molar-refractivity contribution is 0.411. The van der Waals surface area contributed by atoms with Crippen molar-refractivity contribution in [3.63, 3.8) is 0 Å². The second kappa shape index (κ2) is 5.00. The van der Waals surface area contributed by atoms with Crippen LogP contribution in [0.25, 0.3) is 10.2 Å². The molecule has 0 saturated heterocycles. The van der Waals surface area contributed by atoms with E-state index < -0.39 is 0 Å². The second-order valence-corrected chi connectivity index (χ2v) is 7.86. The molecule has 2 heteroatoms. The smallest absolute Gasteiger partial charge is 0.0943 e. The fraction of sp³-hybridized carbons (Fsp3) is 0.562. The monoisotopic (exact) mass is 261 g/mol. The number of nitrogens with zero attached hydrogens (tertiary/aromatic N) is 1. The highest BCUT2D eigenvalue weighted by atomic mass is 32.1. The summed E-state index contributed by atoms with van der Waals surface area (Å²) in [6.45, 7) is 11.3. The number of thiazole rings is 1. The van der Waals surface area contributed by atoms with E-state index in [9.17, 15) is 0 Å². The molecule has 2 aromatic rings. The number of aromatic nitrogens is 1. The molecule has 2 rings (SSSR count). The van der Waals surface area contributed by atoms with E-state index in [1.807, 2.05) is 11.3 Å². The molecule has 0 unspecified atom stereocenters. The van der Waals surface area contributed by atoms with Gasteiger partial charge < -0.3 is 0 Å². The van der Waals surface area contributed by atoms with Gasteiger partial charge in [0.15, 0.2) is 0 Å². The standard InChI is InChI=1S/C16H23NS/c1-11(2)8-12-6-7-13-14(9-12)18-15(17-13)10-16(3,4)5/h6-7,9,11H,8,10H2,1-5H3. The van der Waals surface area contributed by atoms with E-state index in [4.69, 9.17) is 4.98 Å². The van der Waals surface area contributed by atoms with E-state index in [0.717, 1.165) is 18.4 Å². The van der Waals surface area contributed by atoms with E-state index in [0.29, 0.717) is 11.3 Å². The van der Waals surface area contributed by atoms with Crippen LogP contribution in [0, 0.1) is 11.3 Å². The molecule has 1 aromatic carbocycles. The van der Waals surface area contributed by atoms with Crippen molar-refractivity contribution in [2.24, 2.45) is 11.3 Å². The summed E-state index contributed by atoms with van der Waals surface area (Å²) in [5.74, 6) is 0.712. The van der Waals surface area contributed by atoms with Crippen molar-refractivity contribution in [2.75, 3.05) is 0 Å². The fourth-order valence-corrected chi connectivity index (χ4v) is 3.48. The normalized spacial score (nSPS) is 12.6. The Balaban J connectivity index is 2.28. The van der Waals surface area contributed by atoms with Crippen LogP contribution in [0.1, 0.15) is 45.2 Å². The summed E-state index contributed by atoms with van der Waals surface area (Å²) in [7, 11) is 0. The largest absolute Gasteiger partial charge is 0.241 e. The van der Waals surface area contributed by atoms with Crippen LogP contribution in [0.3, 0.4) is 0 Å². The summed E-state index contributed by atoms with van der Waals surface area (Å²) in [6.07, 6.45) is 2.22. The SMILES string of the molecule is CC(C)Cc1ccc2nc(CC(C)(C)C)sc2c1. The van der Waals surface area contributed by atoms with E-state index in [-0.39, 0.29) is 0 Å². The predicted molar refractivity (Wildman–Crippen MR) is 81.3 cm³/mol. The van der Waals surface area contributed by atoms with E-state index >= 15 is 0 Å². The van der Waals surface area contributed by atoms with Gasteiger partial charge in [-0.3, -0.25) is 0 Å². The third-order valence-corrected chi connectivity index (χ3v) is 3.84. The van der Waals surface area contributed by atoms with E-state index in [1.54, 1.807) is 0 Å². The van der Waals surface area contributed by atoms with Crippen LogP contribution in [-0.4, -0.2) is 4.98 Å². The topological polar surface area (TPSA) is 12.9 Å². The van der Waals surface area contributed by atoms with Gasteiger partial charge in [-0.15, -0.1) is 11.3 Å². The van der Waals surface area contributed by atoms with Crippen molar-refractivity contribution >= 4 is 21.6 Å². The third kappa shape index (κ3) is 3.55. The molecule has 0 aliphatic rings. The maximum atomic E-state index is 4.74. The number of rotatable bonds is 3. The number of hydrogen-bond acceptors (Lipinski definition) is 2. The molecule has 98 valence electrons. The van der Waals surface area contributed by atoms with Gasteiger partial charge in [-0.25, -0.2) is 4.98 Å². The Bertz CT molecular complexity index is 532. The zero-order valence-electron chi connectivity index (χ0n) is 12.1. The molecule has 0 amide bonds. The Morgan fingerprint density at radius 3 is 2.56 bits per heavy atom. The molecule has 0 aliphatic heterocycles. The van der Waals surface area contributed by atoms with Gasteiger partial charge in [0.1, 0.15) is 0 Å². The van der Waals surface area contributed by atoms with Crippen molar-refractivity contribution in [1.29, 1.82) is 0 Å². The molecule has 1 nitrogen and oxygen atoms in total. The lowest BCUT2D eigenvalue weighted by Gasteiger charge is -2.15. The van der Waals surface area contributed by atoms with Crippen molar-refractivity contribution in [3.05, 3.63) is 28.8 Å². The predicted octanol–water partition coefficient (Wildman–Crippen LogP) is 5.08. The molecule has 0 atom stereocenters. The van der Waals surface area contributed by atoms with Gasteiger partial charge in [0, 0.05) is 6.42 Å². The summed E-state index contributed by atoms with van der Waals surface area (Å²) in [4.78, 5) is 4.74. The zero-order chi connectivity index (χ0) is 13.3. The summed E-state index contributed by atoms with van der Waals surface area (Å²) in [6, 6.07) is 6.72. The maximum absolute atomic E-state index is 4.74. The molecule has 0 aliphatic carbocycles. The molecule has 0 radical (unpaired) electrons. The molecular weight excluding hydrogens is 238 g/mol. The van der Waals surface area contributed by atoms with Crippen LogP contribution in [0.15, 0.2) is 18.2 Å². The summed E-state index contributed by atoms with van der Waals surface area (Å²) in [5.41, 5.74) is 2.91. The van der Waals surface area contributed by atoms with Crippen LogP contribution in [-0.2, 0) is 12.8 Å². The first-order valence-corrected chi connectivity index (χ1v) is 7.53. The molecular formula is C16H23NS. The zero-order valence-corrected chi connectivity index (χ0v) is 12.9. The Morgan fingerprint density at radius 1 is 1.22 bits per heavy atom.